The highest BCUT2D eigenvalue weighted by Gasteiger charge is 2.39. The van der Waals surface area contributed by atoms with Crippen molar-refractivity contribution in [3.63, 3.8) is 0 Å². The van der Waals surface area contributed by atoms with Crippen LogP contribution in [0.2, 0.25) is 0 Å². The van der Waals surface area contributed by atoms with Gasteiger partial charge in [0.2, 0.25) is 5.91 Å². The van der Waals surface area contributed by atoms with Crippen LogP contribution >= 0.6 is 0 Å². The molecule has 1 aromatic rings. The molecule has 0 bridgehead atoms. The Balaban J connectivity index is 2.25. The second-order valence-corrected chi connectivity index (χ2v) is 5.63. The number of hydrogen-bond donors (Lipinski definition) is 2. The van der Waals surface area contributed by atoms with Gasteiger partial charge in [0.25, 0.3) is 0 Å². The molecule has 3 unspecified atom stereocenters. The first-order valence-corrected chi connectivity index (χ1v) is 7.34. The predicted octanol–water partition coefficient (Wildman–Crippen LogP) is 1.44. The second kappa shape index (κ2) is 6.72. The zero-order chi connectivity index (χ0) is 15.4. The van der Waals surface area contributed by atoms with Gasteiger partial charge in [-0.25, -0.2) is 4.79 Å². The molecule has 3 atom stereocenters. The fourth-order valence-corrected chi connectivity index (χ4v) is 3.08. The van der Waals surface area contributed by atoms with Crippen LogP contribution in [0.4, 0.5) is 0 Å². The summed E-state index contributed by atoms with van der Waals surface area (Å²) in [4.78, 5) is 25.8. The third kappa shape index (κ3) is 3.24. The molecule has 114 valence electrons. The van der Waals surface area contributed by atoms with Crippen LogP contribution in [0.1, 0.15) is 31.2 Å². The summed E-state index contributed by atoms with van der Waals surface area (Å²) in [5.41, 5.74) is 6.61. The van der Waals surface area contributed by atoms with Crippen molar-refractivity contribution >= 4 is 11.9 Å². The van der Waals surface area contributed by atoms with E-state index in [0.29, 0.717) is 6.54 Å². The number of nitrogens with zero attached hydrogens (tertiary/aromatic N) is 1. The van der Waals surface area contributed by atoms with E-state index in [-0.39, 0.29) is 18.4 Å². The Bertz CT molecular complexity index is 504. The van der Waals surface area contributed by atoms with Gasteiger partial charge in [0.15, 0.2) is 0 Å². The number of carboxylic acid groups (broad SMARTS) is 1. The third-order valence-corrected chi connectivity index (χ3v) is 4.21. The Kier molecular flexibility index (Phi) is 4.96. The average Bonchev–Trinajstić information content (AvgIpc) is 2.48. The molecule has 1 aliphatic heterocycles. The lowest BCUT2D eigenvalue weighted by atomic mass is 9.88. The molecule has 2 rings (SSSR count). The maximum atomic E-state index is 12.8. The highest BCUT2D eigenvalue weighted by Crippen LogP contribution is 2.27. The molecule has 1 fully saturated rings. The van der Waals surface area contributed by atoms with Gasteiger partial charge in [-0.1, -0.05) is 37.3 Å². The summed E-state index contributed by atoms with van der Waals surface area (Å²) < 4.78 is 0. The van der Waals surface area contributed by atoms with Crippen molar-refractivity contribution in [3.8, 4) is 0 Å². The van der Waals surface area contributed by atoms with Crippen LogP contribution in [-0.4, -0.2) is 41.0 Å². The zero-order valence-electron chi connectivity index (χ0n) is 12.2. The lowest BCUT2D eigenvalue weighted by molar-refractivity contribution is -0.155. The van der Waals surface area contributed by atoms with Crippen molar-refractivity contribution in [1.29, 1.82) is 0 Å². The molecule has 0 saturated carbocycles. The summed E-state index contributed by atoms with van der Waals surface area (Å²) in [6.07, 6.45) is 1.67. The number of aliphatic carboxylic acids is 1. The van der Waals surface area contributed by atoms with E-state index in [1.807, 2.05) is 37.3 Å². The Morgan fingerprint density at radius 3 is 2.62 bits per heavy atom. The van der Waals surface area contributed by atoms with E-state index in [4.69, 9.17) is 5.73 Å². The Labute approximate surface area is 124 Å². The minimum absolute atomic E-state index is 0.0330. The summed E-state index contributed by atoms with van der Waals surface area (Å²) in [7, 11) is 0. The molecule has 0 spiro atoms. The average molecular weight is 290 g/mol. The van der Waals surface area contributed by atoms with E-state index in [9.17, 15) is 14.7 Å². The maximum Gasteiger partial charge on any atom is 0.326 e. The fraction of sp³-hybridized carbons (Fsp3) is 0.500. The largest absolute Gasteiger partial charge is 0.480 e. The number of hydrogen-bond acceptors (Lipinski definition) is 3. The minimum atomic E-state index is -0.931. The zero-order valence-corrected chi connectivity index (χ0v) is 12.2. The number of amides is 1. The molecule has 0 radical (unpaired) electrons. The van der Waals surface area contributed by atoms with Crippen molar-refractivity contribution in [2.75, 3.05) is 13.1 Å². The highest BCUT2D eigenvalue weighted by atomic mass is 16.4. The lowest BCUT2D eigenvalue weighted by Gasteiger charge is -2.39. The van der Waals surface area contributed by atoms with Crippen molar-refractivity contribution < 1.29 is 14.7 Å². The summed E-state index contributed by atoms with van der Waals surface area (Å²) >= 11 is 0. The number of carbonyl (C=O) groups excluding carboxylic acids is 1. The van der Waals surface area contributed by atoms with E-state index in [1.165, 1.54) is 4.90 Å². The van der Waals surface area contributed by atoms with Gasteiger partial charge in [-0.15, -0.1) is 0 Å². The van der Waals surface area contributed by atoms with Crippen molar-refractivity contribution in [2.24, 2.45) is 11.7 Å². The molecule has 21 heavy (non-hydrogen) atoms. The Morgan fingerprint density at radius 1 is 1.38 bits per heavy atom. The number of carbonyl (C=O) groups is 2. The highest BCUT2D eigenvalue weighted by molar-refractivity contribution is 5.88. The van der Waals surface area contributed by atoms with Gasteiger partial charge < -0.3 is 15.7 Å². The molecule has 5 heteroatoms. The molecule has 1 saturated heterocycles. The van der Waals surface area contributed by atoms with E-state index in [1.54, 1.807) is 0 Å². The molecule has 0 aliphatic carbocycles. The first-order chi connectivity index (χ1) is 10.1. The number of benzene rings is 1. The molecule has 1 amide bonds. The summed E-state index contributed by atoms with van der Waals surface area (Å²) in [6, 6.07) is 8.57. The van der Waals surface area contributed by atoms with Gasteiger partial charge >= 0.3 is 5.97 Å². The third-order valence-electron chi connectivity index (χ3n) is 4.21. The number of nitrogens with two attached hydrogens (primary N) is 1. The van der Waals surface area contributed by atoms with Crippen LogP contribution in [0.3, 0.4) is 0 Å². The summed E-state index contributed by atoms with van der Waals surface area (Å²) in [5.74, 6) is -1.62. The van der Waals surface area contributed by atoms with Crippen LogP contribution in [0.15, 0.2) is 30.3 Å². The van der Waals surface area contributed by atoms with Gasteiger partial charge in [0, 0.05) is 13.1 Å². The number of carboxylic acids is 1. The normalized spacial score (nSPS) is 23.6. The molecule has 3 N–H and O–H groups in total. The SMILES string of the molecule is CC1CCCN(C(=O)C(CN)c2ccccc2)C1C(=O)O. The molecular formula is C16H22N2O3. The lowest BCUT2D eigenvalue weighted by Crippen LogP contribution is -2.53. The predicted molar refractivity (Wildman–Crippen MR) is 79.8 cm³/mol. The maximum absolute atomic E-state index is 12.8. The van der Waals surface area contributed by atoms with E-state index < -0.39 is 17.9 Å². The summed E-state index contributed by atoms with van der Waals surface area (Å²) in [6.45, 7) is 2.56. The Morgan fingerprint density at radius 2 is 2.05 bits per heavy atom. The Hall–Kier alpha value is -1.88. The van der Waals surface area contributed by atoms with Crippen molar-refractivity contribution in [1.82, 2.24) is 4.90 Å². The topological polar surface area (TPSA) is 83.6 Å². The van der Waals surface area contributed by atoms with E-state index in [0.717, 1.165) is 18.4 Å². The van der Waals surface area contributed by atoms with Crippen LogP contribution in [0.25, 0.3) is 0 Å². The standard InChI is InChI=1S/C16H22N2O3/c1-11-6-5-9-18(14(11)16(20)21)15(19)13(10-17)12-7-3-2-4-8-12/h2-4,7-8,11,13-14H,5-6,9-10,17H2,1H3,(H,20,21). The number of likely N-dealkylation sites (tertiary alicyclic amines) is 1. The van der Waals surface area contributed by atoms with Crippen molar-refractivity contribution in [3.05, 3.63) is 35.9 Å². The smallest absolute Gasteiger partial charge is 0.326 e. The van der Waals surface area contributed by atoms with Crippen LogP contribution in [-0.2, 0) is 9.59 Å². The van der Waals surface area contributed by atoms with E-state index >= 15 is 0 Å². The van der Waals surface area contributed by atoms with Crippen molar-refractivity contribution in [2.45, 2.75) is 31.7 Å². The molecule has 0 aromatic heterocycles. The molecule has 1 heterocycles. The van der Waals surface area contributed by atoms with Gasteiger partial charge in [0.1, 0.15) is 6.04 Å². The molecule has 1 aromatic carbocycles. The minimum Gasteiger partial charge on any atom is -0.480 e. The molecule has 5 nitrogen and oxygen atoms in total. The van der Waals surface area contributed by atoms with Crippen LogP contribution < -0.4 is 5.73 Å². The molecular weight excluding hydrogens is 268 g/mol. The second-order valence-electron chi connectivity index (χ2n) is 5.63. The fourth-order valence-electron chi connectivity index (χ4n) is 3.08. The van der Waals surface area contributed by atoms with Crippen LogP contribution in [0, 0.1) is 5.92 Å². The first-order valence-electron chi connectivity index (χ1n) is 7.34. The van der Waals surface area contributed by atoms with Gasteiger partial charge in [-0.3, -0.25) is 4.79 Å². The van der Waals surface area contributed by atoms with Gasteiger partial charge in [0.05, 0.1) is 5.92 Å². The van der Waals surface area contributed by atoms with E-state index in [2.05, 4.69) is 0 Å². The molecule has 1 aliphatic rings. The van der Waals surface area contributed by atoms with Crippen LogP contribution in [0.5, 0.6) is 0 Å². The van der Waals surface area contributed by atoms with Gasteiger partial charge in [-0.2, -0.15) is 0 Å². The number of piperidine rings is 1. The monoisotopic (exact) mass is 290 g/mol. The summed E-state index contributed by atoms with van der Waals surface area (Å²) in [5, 5.41) is 9.43. The first kappa shape index (κ1) is 15.5. The quantitative estimate of drug-likeness (QED) is 0.879. The van der Waals surface area contributed by atoms with Gasteiger partial charge in [-0.05, 0) is 24.3 Å². The number of rotatable bonds is 4.